The first-order chi connectivity index (χ1) is 7.83. The van der Waals surface area contributed by atoms with Crippen LogP contribution >= 0.6 is 0 Å². The van der Waals surface area contributed by atoms with Crippen LogP contribution in [0.15, 0.2) is 4.52 Å². The lowest BCUT2D eigenvalue weighted by Gasteiger charge is -2.16. The smallest absolute Gasteiger partial charge is 0.223 e. The standard InChI is InChI=1S/C12H19N3O/c1-8-14-11(15-16-8)6-7-13-12(9-2-3-9)10-4-5-10/h9-10,12-13H,2-7H2,1H3. The van der Waals surface area contributed by atoms with Gasteiger partial charge in [-0.3, -0.25) is 0 Å². The third-order valence-corrected chi connectivity index (χ3v) is 3.56. The SMILES string of the molecule is Cc1nc(CCNC(C2CC2)C2CC2)no1. The lowest BCUT2D eigenvalue weighted by molar-refractivity contribution is 0.383. The number of hydrogen-bond donors (Lipinski definition) is 1. The Kier molecular flexibility index (Phi) is 2.67. The van der Waals surface area contributed by atoms with E-state index in [4.69, 9.17) is 4.52 Å². The lowest BCUT2D eigenvalue weighted by Crippen LogP contribution is -2.34. The van der Waals surface area contributed by atoms with Crippen molar-refractivity contribution in [1.29, 1.82) is 0 Å². The van der Waals surface area contributed by atoms with E-state index in [0.717, 1.165) is 36.7 Å². The van der Waals surface area contributed by atoms with Crippen molar-refractivity contribution in [2.45, 2.75) is 45.1 Å². The number of nitrogens with one attached hydrogen (secondary N) is 1. The maximum atomic E-state index is 4.95. The molecule has 2 fully saturated rings. The van der Waals surface area contributed by atoms with Crippen molar-refractivity contribution in [3.63, 3.8) is 0 Å². The Bertz CT molecular complexity index is 343. The molecule has 3 rings (SSSR count). The first-order valence-electron chi connectivity index (χ1n) is 6.35. The van der Waals surface area contributed by atoms with E-state index in [-0.39, 0.29) is 0 Å². The lowest BCUT2D eigenvalue weighted by atomic mass is 10.1. The zero-order valence-electron chi connectivity index (χ0n) is 9.78. The number of aromatic nitrogens is 2. The largest absolute Gasteiger partial charge is 0.340 e. The summed E-state index contributed by atoms with van der Waals surface area (Å²) in [5, 5.41) is 7.59. The maximum Gasteiger partial charge on any atom is 0.223 e. The van der Waals surface area contributed by atoms with Gasteiger partial charge in [-0.05, 0) is 37.5 Å². The molecule has 0 unspecified atom stereocenters. The quantitative estimate of drug-likeness (QED) is 0.794. The number of nitrogens with zero attached hydrogens (tertiary/aromatic N) is 2. The summed E-state index contributed by atoms with van der Waals surface area (Å²) in [6, 6.07) is 0.771. The third kappa shape index (κ3) is 2.43. The van der Waals surface area contributed by atoms with Gasteiger partial charge in [-0.2, -0.15) is 4.98 Å². The second-order valence-electron chi connectivity index (χ2n) is 5.13. The van der Waals surface area contributed by atoms with Gasteiger partial charge in [-0.25, -0.2) is 0 Å². The molecule has 2 aliphatic carbocycles. The maximum absolute atomic E-state index is 4.95. The van der Waals surface area contributed by atoms with Crippen molar-refractivity contribution < 1.29 is 4.52 Å². The Morgan fingerprint density at radius 1 is 1.31 bits per heavy atom. The highest BCUT2D eigenvalue weighted by Gasteiger charge is 2.40. The minimum absolute atomic E-state index is 0.663. The zero-order chi connectivity index (χ0) is 11.0. The van der Waals surface area contributed by atoms with Crippen LogP contribution in [-0.4, -0.2) is 22.7 Å². The predicted octanol–water partition coefficient (Wildman–Crippen LogP) is 1.70. The highest BCUT2D eigenvalue weighted by atomic mass is 16.5. The summed E-state index contributed by atoms with van der Waals surface area (Å²) in [6.07, 6.45) is 6.59. The van der Waals surface area contributed by atoms with Gasteiger partial charge in [0.05, 0.1) is 0 Å². The average Bonchev–Trinajstić information content (AvgIpc) is 3.15. The molecular formula is C12H19N3O. The molecule has 1 aromatic rings. The molecule has 1 aromatic heterocycles. The minimum atomic E-state index is 0.663. The van der Waals surface area contributed by atoms with Crippen molar-refractivity contribution in [3.05, 3.63) is 11.7 Å². The monoisotopic (exact) mass is 221 g/mol. The molecule has 2 saturated carbocycles. The fourth-order valence-electron chi connectivity index (χ4n) is 2.42. The summed E-state index contributed by atoms with van der Waals surface area (Å²) in [6.45, 7) is 2.82. The van der Waals surface area contributed by atoms with Crippen LogP contribution in [-0.2, 0) is 6.42 Å². The summed E-state index contributed by atoms with van der Waals surface area (Å²) < 4.78 is 4.95. The molecule has 0 aromatic carbocycles. The van der Waals surface area contributed by atoms with Crippen LogP contribution in [0.25, 0.3) is 0 Å². The molecule has 4 heteroatoms. The Morgan fingerprint density at radius 2 is 2.00 bits per heavy atom. The van der Waals surface area contributed by atoms with E-state index in [1.54, 1.807) is 0 Å². The highest BCUT2D eigenvalue weighted by Crippen LogP contribution is 2.44. The molecule has 16 heavy (non-hydrogen) atoms. The summed E-state index contributed by atoms with van der Waals surface area (Å²) >= 11 is 0. The first-order valence-corrected chi connectivity index (χ1v) is 6.35. The van der Waals surface area contributed by atoms with Gasteiger partial charge in [0, 0.05) is 25.9 Å². The van der Waals surface area contributed by atoms with Crippen molar-refractivity contribution in [2.75, 3.05) is 6.54 Å². The van der Waals surface area contributed by atoms with E-state index in [2.05, 4.69) is 15.5 Å². The van der Waals surface area contributed by atoms with E-state index in [1.165, 1.54) is 25.7 Å². The Balaban J connectivity index is 1.44. The van der Waals surface area contributed by atoms with Gasteiger partial charge in [-0.1, -0.05) is 5.16 Å². The normalized spacial score (nSPS) is 20.6. The summed E-state index contributed by atoms with van der Waals surface area (Å²) in [5.74, 6) is 3.41. The molecule has 88 valence electrons. The number of rotatable bonds is 6. The molecule has 1 N–H and O–H groups in total. The molecule has 0 amide bonds. The summed E-state index contributed by atoms with van der Waals surface area (Å²) in [7, 11) is 0. The topological polar surface area (TPSA) is 51.0 Å². The van der Waals surface area contributed by atoms with Crippen LogP contribution in [0.1, 0.15) is 37.4 Å². The fourth-order valence-corrected chi connectivity index (χ4v) is 2.42. The van der Waals surface area contributed by atoms with Gasteiger partial charge in [0.25, 0.3) is 0 Å². The number of aryl methyl sites for hydroxylation is 1. The van der Waals surface area contributed by atoms with Gasteiger partial charge < -0.3 is 9.84 Å². The summed E-state index contributed by atoms with van der Waals surface area (Å²) in [5.41, 5.74) is 0. The number of hydrogen-bond acceptors (Lipinski definition) is 4. The van der Waals surface area contributed by atoms with Crippen LogP contribution in [0, 0.1) is 18.8 Å². The third-order valence-electron chi connectivity index (χ3n) is 3.56. The van der Waals surface area contributed by atoms with Crippen LogP contribution < -0.4 is 5.32 Å². The molecular weight excluding hydrogens is 202 g/mol. The van der Waals surface area contributed by atoms with Crippen molar-refractivity contribution in [1.82, 2.24) is 15.5 Å². The molecule has 1 heterocycles. The van der Waals surface area contributed by atoms with Crippen LogP contribution in [0.4, 0.5) is 0 Å². The van der Waals surface area contributed by atoms with Gasteiger partial charge in [0.1, 0.15) is 0 Å². The second kappa shape index (κ2) is 4.17. The van der Waals surface area contributed by atoms with E-state index in [9.17, 15) is 0 Å². The Morgan fingerprint density at radius 3 is 2.50 bits per heavy atom. The molecule has 0 radical (unpaired) electrons. The molecule has 0 atom stereocenters. The average molecular weight is 221 g/mol. The zero-order valence-corrected chi connectivity index (χ0v) is 9.78. The van der Waals surface area contributed by atoms with Crippen molar-refractivity contribution in [2.24, 2.45) is 11.8 Å². The molecule has 2 aliphatic rings. The highest BCUT2D eigenvalue weighted by molar-refractivity contribution is 4.96. The second-order valence-corrected chi connectivity index (χ2v) is 5.13. The van der Waals surface area contributed by atoms with Gasteiger partial charge in [0.2, 0.25) is 5.89 Å². The van der Waals surface area contributed by atoms with E-state index in [1.807, 2.05) is 6.92 Å². The van der Waals surface area contributed by atoms with Crippen LogP contribution in [0.2, 0.25) is 0 Å². The van der Waals surface area contributed by atoms with E-state index >= 15 is 0 Å². The van der Waals surface area contributed by atoms with E-state index < -0.39 is 0 Å². The Hall–Kier alpha value is -0.900. The van der Waals surface area contributed by atoms with Crippen LogP contribution in [0.5, 0.6) is 0 Å². The summed E-state index contributed by atoms with van der Waals surface area (Å²) in [4.78, 5) is 4.21. The molecule has 0 bridgehead atoms. The van der Waals surface area contributed by atoms with Crippen molar-refractivity contribution in [3.8, 4) is 0 Å². The Labute approximate surface area is 95.8 Å². The first kappa shape index (κ1) is 10.3. The molecule has 0 spiro atoms. The fraction of sp³-hybridized carbons (Fsp3) is 0.833. The van der Waals surface area contributed by atoms with Gasteiger partial charge in [0.15, 0.2) is 5.82 Å². The molecule has 4 nitrogen and oxygen atoms in total. The van der Waals surface area contributed by atoms with Gasteiger partial charge in [-0.15, -0.1) is 0 Å². The molecule has 0 saturated heterocycles. The minimum Gasteiger partial charge on any atom is -0.340 e. The molecule has 0 aliphatic heterocycles. The van der Waals surface area contributed by atoms with Crippen LogP contribution in [0.3, 0.4) is 0 Å². The van der Waals surface area contributed by atoms with E-state index in [0.29, 0.717) is 5.89 Å². The predicted molar refractivity (Wildman–Crippen MR) is 60.0 cm³/mol. The van der Waals surface area contributed by atoms with Crippen molar-refractivity contribution >= 4 is 0 Å². The van der Waals surface area contributed by atoms with Gasteiger partial charge >= 0.3 is 0 Å².